The van der Waals surface area contributed by atoms with Gasteiger partial charge in [-0.2, -0.15) is 0 Å². The lowest BCUT2D eigenvalue weighted by atomic mass is 10.1. The molecule has 0 unspecified atom stereocenters. The molecule has 0 aliphatic heterocycles. The number of halogens is 1. The highest BCUT2D eigenvalue weighted by Crippen LogP contribution is 2.30. The Morgan fingerprint density at radius 1 is 1.42 bits per heavy atom. The molecule has 0 radical (unpaired) electrons. The Balaban J connectivity index is 2.19. The van der Waals surface area contributed by atoms with Gasteiger partial charge in [-0.3, -0.25) is 4.79 Å². The van der Waals surface area contributed by atoms with Crippen molar-refractivity contribution >= 4 is 11.9 Å². The first-order chi connectivity index (χ1) is 9.02. The van der Waals surface area contributed by atoms with Crippen molar-refractivity contribution < 1.29 is 19.1 Å². The number of carbonyl (C=O) groups excluding carboxylic acids is 1. The molecule has 1 fully saturated rings. The largest absolute Gasteiger partial charge is 0.478 e. The van der Waals surface area contributed by atoms with Crippen molar-refractivity contribution in [1.29, 1.82) is 0 Å². The molecule has 1 amide bonds. The smallest absolute Gasteiger partial charge is 0.335 e. The van der Waals surface area contributed by atoms with E-state index in [-0.39, 0.29) is 17.0 Å². The standard InChI is InChI=1S/C14H16FNO3/c1-2-16(8-9-3-4-9)13(17)11-6-5-10(14(18)19)7-12(11)15/h5-7,9H,2-4,8H2,1H3,(H,18,19). The van der Waals surface area contributed by atoms with Crippen LogP contribution in [0.15, 0.2) is 18.2 Å². The Bertz CT molecular complexity index is 511. The lowest BCUT2D eigenvalue weighted by Gasteiger charge is -2.21. The first kappa shape index (κ1) is 13.5. The van der Waals surface area contributed by atoms with Gasteiger partial charge in [0.25, 0.3) is 5.91 Å². The highest BCUT2D eigenvalue weighted by molar-refractivity contribution is 5.96. The van der Waals surface area contributed by atoms with Crippen molar-refractivity contribution in [3.8, 4) is 0 Å². The van der Waals surface area contributed by atoms with Crippen LogP contribution in [0, 0.1) is 11.7 Å². The van der Waals surface area contributed by atoms with Gasteiger partial charge in [0.2, 0.25) is 0 Å². The number of carbonyl (C=O) groups is 2. The third kappa shape index (κ3) is 3.10. The Kier molecular flexibility index (Phi) is 3.83. The summed E-state index contributed by atoms with van der Waals surface area (Å²) in [6, 6.07) is 3.39. The average molecular weight is 265 g/mol. The van der Waals surface area contributed by atoms with Gasteiger partial charge in [-0.05, 0) is 43.9 Å². The highest BCUT2D eigenvalue weighted by Gasteiger charge is 2.27. The topological polar surface area (TPSA) is 57.6 Å². The van der Waals surface area contributed by atoms with E-state index in [1.165, 1.54) is 12.1 Å². The van der Waals surface area contributed by atoms with Crippen LogP contribution in [0.2, 0.25) is 0 Å². The number of rotatable bonds is 5. The molecule has 0 atom stereocenters. The SMILES string of the molecule is CCN(CC1CC1)C(=O)c1ccc(C(=O)O)cc1F. The Hall–Kier alpha value is -1.91. The summed E-state index contributed by atoms with van der Waals surface area (Å²) in [4.78, 5) is 24.5. The van der Waals surface area contributed by atoms with E-state index in [2.05, 4.69) is 0 Å². The Morgan fingerprint density at radius 3 is 2.58 bits per heavy atom. The maximum atomic E-state index is 13.8. The van der Waals surface area contributed by atoms with Crippen LogP contribution in [0.4, 0.5) is 4.39 Å². The quantitative estimate of drug-likeness (QED) is 0.889. The molecule has 0 spiro atoms. The zero-order valence-corrected chi connectivity index (χ0v) is 10.7. The molecule has 0 aromatic heterocycles. The summed E-state index contributed by atoms with van der Waals surface area (Å²) < 4.78 is 13.8. The molecule has 4 nitrogen and oxygen atoms in total. The van der Waals surface area contributed by atoms with Gasteiger partial charge in [0, 0.05) is 13.1 Å². The minimum atomic E-state index is -1.21. The Labute approximate surface area is 110 Å². The molecule has 0 heterocycles. The first-order valence-corrected chi connectivity index (χ1v) is 6.35. The number of amides is 1. The molecule has 1 saturated carbocycles. The van der Waals surface area contributed by atoms with Gasteiger partial charge in [0.05, 0.1) is 11.1 Å². The third-order valence-corrected chi connectivity index (χ3v) is 3.29. The van der Waals surface area contributed by atoms with Crippen molar-refractivity contribution in [2.24, 2.45) is 5.92 Å². The van der Waals surface area contributed by atoms with Gasteiger partial charge in [0.15, 0.2) is 0 Å². The second-order valence-electron chi connectivity index (χ2n) is 4.79. The number of nitrogens with zero attached hydrogens (tertiary/aromatic N) is 1. The van der Waals surface area contributed by atoms with Crippen LogP contribution in [0.3, 0.4) is 0 Å². The average Bonchev–Trinajstić information content (AvgIpc) is 3.18. The van der Waals surface area contributed by atoms with E-state index >= 15 is 0 Å². The zero-order valence-electron chi connectivity index (χ0n) is 10.7. The zero-order chi connectivity index (χ0) is 14.0. The molecule has 1 N–H and O–H groups in total. The van der Waals surface area contributed by atoms with Crippen molar-refractivity contribution in [1.82, 2.24) is 4.90 Å². The second-order valence-corrected chi connectivity index (χ2v) is 4.79. The lowest BCUT2D eigenvalue weighted by molar-refractivity contribution is 0.0692. The molecule has 0 saturated heterocycles. The molecule has 1 aromatic rings. The lowest BCUT2D eigenvalue weighted by Crippen LogP contribution is -2.33. The molecule has 1 aliphatic carbocycles. The van der Waals surface area contributed by atoms with Crippen molar-refractivity contribution in [2.45, 2.75) is 19.8 Å². The van der Waals surface area contributed by atoms with E-state index in [1.807, 2.05) is 6.92 Å². The molecule has 19 heavy (non-hydrogen) atoms. The van der Waals surface area contributed by atoms with Crippen molar-refractivity contribution in [3.63, 3.8) is 0 Å². The third-order valence-electron chi connectivity index (χ3n) is 3.29. The fourth-order valence-electron chi connectivity index (χ4n) is 1.96. The van der Waals surface area contributed by atoms with E-state index in [0.717, 1.165) is 18.9 Å². The van der Waals surface area contributed by atoms with Gasteiger partial charge in [-0.1, -0.05) is 0 Å². The van der Waals surface area contributed by atoms with E-state index in [4.69, 9.17) is 5.11 Å². The predicted molar refractivity (Wildman–Crippen MR) is 67.7 cm³/mol. The summed E-state index contributed by atoms with van der Waals surface area (Å²) in [7, 11) is 0. The molecular formula is C14H16FNO3. The molecule has 0 bridgehead atoms. The van der Waals surface area contributed by atoms with Crippen LogP contribution >= 0.6 is 0 Å². The van der Waals surface area contributed by atoms with Crippen LogP contribution in [-0.4, -0.2) is 35.0 Å². The van der Waals surface area contributed by atoms with Crippen LogP contribution in [-0.2, 0) is 0 Å². The molecule has 1 aliphatic rings. The highest BCUT2D eigenvalue weighted by atomic mass is 19.1. The van der Waals surface area contributed by atoms with Gasteiger partial charge in [-0.25, -0.2) is 9.18 Å². The van der Waals surface area contributed by atoms with Gasteiger partial charge >= 0.3 is 5.97 Å². The summed E-state index contributed by atoms with van der Waals surface area (Å²) in [5.41, 5.74) is -0.216. The van der Waals surface area contributed by atoms with Crippen LogP contribution in [0.25, 0.3) is 0 Å². The summed E-state index contributed by atoms with van der Waals surface area (Å²) >= 11 is 0. The van der Waals surface area contributed by atoms with E-state index in [9.17, 15) is 14.0 Å². The Morgan fingerprint density at radius 2 is 2.11 bits per heavy atom. The number of carboxylic acid groups (broad SMARTS) is 1. The van der Waals surface area contributed by atoms with Crippen LogP contribution in [0.1, 0.15) is 40.5 Å². The van der Waals surface area contributed by atoms with Crippen LogP contribution < -0.4 is 0 Å². The normalized spacial score (nSPS) is 14.2. The minimum absolute atomic E-state index is 0.0625. The monoisotopic (exact) mass is 265 g/mol. The van der Waals surface area contributed by atoms with Crippen LogP contribution in [0.5, 0.6) is 0 Å². The summed E-state index contributed by atoms with van der Waals surface area (Å²) in [6.07, 6.45) is 2.23. The minimum Gasteiger partial charge on any atom is -0.478 e. The molecule has 2 rings (SSSR count). The summed E-state index contributed by atoms with van der Waals surface area (Å²) in [6.45, 7) is 3.02. The van der Waals surface area contributed by atoms with Gasteiger partial charge < -0.3 is 10.0 Å². The number of benzene rings is 1. The van der Waals surface area contributed by atoms with E-state index < -0.39 is 11.8 Å². The maximum absolute atomic E-state index is 13.8. The molecule has 102 valence electrons. The van der Waals surface area contributed by atoms with E-state index in [1.54, 1.807) is 4.90 Å². The number of aromatic carboxylic acids is 1. The van der Waals surface area contributed by atoms with Crippen molar-refractivity contribution in [3.05, 3.63) is 35.1 Å². The summed E-state index contributed by atoms with van der Waals surface area (Å²) in [5, 5.41) is 8.76. The molecule has 5 heteroatoms. The molecular weight excluding hydrogens is 249 g/mol. The van der Waals surface area contributed by atoms with E-state index in [0.29, 0.717) is 19.0 Å². The second kappa shape index (κ2) is 5.38. The number of hydrogen-bond donors (Lipinski definition) is 1. The van der Waals surface area contributed by atoms with Gasteiger partial charge in [0.1, 0.15) is 5.82 Å². The predicted octanol–water partition coefficient (Wildman–Crippen LogP) is 2.40. The number of hydrogen-bond acceptors (Lipinski definition) is 2. The van der Waals surface area contributed by atoms with Crippen molar-refractivity contribution in [2.75, 3.05) is 13.1 Å². The number of carboxylic acids is 1. The van der Waals surface area contributed by atoms with Gasteiger partial charge in [-0.15, -0.1) is 0 Å². The first-order valence-electron chi connectivity index (χ1n) is 6.35. The maximum Gasteiger partial charge on any atom is 0.335 e. The fraction of sp³-hybridized carbons (Fsp3) is 0.429. The summed E-state index contributed by atoms with van der Waals surface area (Å²) in [5.74, 6) is -1.82. The molecule has 1 aromatic carbocycles. The fourth-order valence-corrected chi connectivity index (χ4v) is 1.96.